The first kappa shape index (κ1) is 19.0. The number of nitrogens with one attached hydrogen (secondary N) is 1. The van der Waals surface area contributed by atoms with Crippen LogP contribution in [0.3, 0.4) is 0 Å². The van der Waals surface area contributed by atoms with E-state index in [4.69, 9.17) is 0 Å². The van der Waals surface area contributed by atoms with Crippen molar-refractivity contribution in [3.05, 3.63) is 75.2 Å². The number of hydrogen-bond donors (Lipinski definition) is 1. The molecule has 1 aromatic carbocycles. The van der Waals surface area contributed by atoms with Crippen LogP contribution in [0.5, 0.6) is 0 Å². The number of aromatic nitrogens is 3. The topological polar surface area (TPSA) is 76.9 Å². The van der Waals surface area contributed by atoms with Gasteiger partial charge in [0.15, 0.2) is 0 Å². The second-order valence-electron chi connectivity index (χ2n) is 6.13. The SMILES string of the molecule is Cc1cc(Br)ccc1NC(=O)CCCn1nc(-c2cccnc2)ccc1=O. The molecule has 0 saturated carbocycles. The van der Waals surface area contributed by atoms with Gasteiger partial charge in [0, 0.05) is 47.1 Å². The van der Waals surface area contributed by atoms with Crippen LogP contribution in [0.2, 0.25) is 0 Å². The standard InChI is InChI=1S/C20H19BrN4O2/c1-14-12-16(21)6-7-17(14)23-19(26)5-3-11-25-20(27)9-8-18(24-25)15-4-2-10-22-13-15/h2,4,6-10,12-13H,3,5,11H2,1H3,(H,23,26). The highest BCUT2D eigenvalue weighted by Gasteiger charge is 2.07. The molecule has 138 valence electrons. The first-order valence-corrected chi connectivity index (χ1v) is 9.37. The molecule has 0 unspecified atom stereocenters. The summed E-state index contributed by atoms with van der Waals surface area (Å²) in [5.74, 6) is -0.0862. The highest BCUT2D eigenvalue weighted by molar-refractivity contribution is 9.10. The maximum Gasteiger partial charge on any atom is 0.266 e. The molecule has 2 aromatic heterocycles. The Labute approximate surface area is 165 Å². The Morgan fingerprint density at radius 3 is 2.81 bits per heavy atom. The van der Waals surface area contributed by atoms with Gasteiger partial charge in [0.05, 0.1) is 5.69 Å². The van der Waals surface area contributed by atoms with Crippen molar-refractivity contribution >= 4 is 27.5 Å². The second-order valence-corrected chi connectivity index (χ2v) is 7.05. The molecule has 1 N–H and O–H groups in total. The third kappa shape index (κ3) is 5.10. The molecule has 0 aliphatic rings. The summed E-state index contributed by atoms with van der Waals surface area (Å²) in [6.45, 7) is 2.31. The minimum atomic E-state index is -0.188. The third-order valence-electron chi connectivity index (χ3n) is 4.06. The number of rotatable bonds is 6. The van der Waals surface area contributed by atoms with E-state index in [1.54, 1.807) is 18.5 Å². The van der Waals surface area contributed by atoms with Crippen molar-refractivity contribution in [2.75, 3.05) is 5.32 Å². The van der Waals surface area contributed by atoms with Crippen LogP contribution in [0.15, 0.2) is 64.1 Å². The molecule has 27 heavy (non-hydrogen) atoms. The number of halogens is 1. The van der Waals surface area contributed by atoms with Crippen LogP contribution in [0.25, 0.3) is 11.3 Å². The fraction of sp³-hybridized carbons (Fsp3) is 0.200. The Morgan fingerprint density at radius 2 is 2.07 bits per heavy atom. The van der Waals surface area contributed by atoms with Crippen molar-refractivity contribution in [1.82, 2.24) is 14.8 Å². The third-order valence-corrected chi connectivity index (χ3v) is 4.55. The van der Waals surface area contributed by atoms with E-state index in [1.165, 1.54) is 10.7 Å². The van der Waals surface area contributed by atoms with Gasteiger partial charge >= 0.3 is 0 Å². The minimum Gasteiger partial charge on any atom is -0.326 e. The van der Waals surface area contributed by atoms with E-state index in [-0.39, 0.29) is 11.5 Å². The lowest BCUT2D eigenvalue weighted by Crippen LogP contribution is -2.23. The Hall–Kier alpha value is -2.80. The summed E-state index contributed by atoms with van der Waals surface area (Å²) in [7, 11) is 0. The average molecular weight is 427 g/mol. The monoisotopic (exact) mass is 426 g/mol. The van der Waals surface area contributed by atoms with Crippen molar-refractivity contribution in [2.24, 2.45) is 0 Å². The lowest BCUT2D eigenvalue weighted by molar-refractivity contribution is -0.116. The molecule has 0 bridgehead atoms. The number of amides is 1. The van der Waals surface area contributed by atoms with Gasteiger partial charge in [-0.15, -0.1) is 0 Å². The lowest BCUT2D eigenvalue weighted by atomic mass is 10.2. The second kappa shape index (κ2) is 8.73. The summed E-state index contributed by atoms with van der Waals surface area (Å²) in [4.78, 5) is 28.3. The first-order valence-electron chi connectivity index (χ1n) is 8.57. The Balaban J connectivity index is 1.60. The molecule has 0 atom stereocenters. The molecule has 7 heteroatoms. The summed E-state index contributed by atoms with van der Waals surface area (Å²) in [6.07, 6.45) is 4.21. The summed E-state index contributed by atoms with van der Waals surface area (Å²) < 4.78 is 2.36. The van der Waals surface area contributed by atoms with E-state index in [0.29, 0.717) is 25.1 Å². The zero-order chi connectivity index (χ0) is 19.2. The summed E-state index contributed by atoms with van der Waals surface area (Å²) in [5, 5.41) is 7.27. The normalized spacial score (nSPS) is 10.6. The quantitative estimate of drug-likeness (QED) is 0.650. The molecular weight excluding hydrogens is 408 g/mol. The van der Waals surface area contributed by atoms with E-state index in [2.05, 4.69) is 31.3 Å². The van der Waals surface area contributed by atoms with E-state index in [0.717, 1.165) is 21.3 Å². The Kier molecular flexibility index (Phi) is 6.13. The van der Waals surface area contributed by atoms with Gasteiger partial charge in [0.25, 0.3) is 5.56 Å². The van der Waals surface area contributed by atoms with Gasteiger partial charge < -0.3 is 5.32 Å². The van der Waals surface area contributed by atoms with Crippen LogP contribution in [0.1, 0.15) is 18.4 Å². The van der Waals surface area contributed by atoms with Gasteiger partial charge in [-0.25, -0.2) is 4.68 Å². The Morgan fingerprint density at radius 1 is 1.22 bits per heavy atom. The highest BCUT2D eigenvalue weighted by Crippen LogP contribution is 2.20. The molecule has 1 amide bonds. The zero-order valence-electron chi connectivity index (χ0n) is 14.9. The molecule has 0 radical (unpaired) electrons. The maximum absolute atomic E-state index is 12.2. The van der Waals surface area contributed by atoms with Crippen LogP contribution in [0.4, 0.5) is 5.69 Å². The molecule has 3 rings (SSSR count). The van der Waals surface area contributed by atoms with Gasteiger partial charge in [-0.3, -0.25) is 14.6 Å². The maximum atomic E-state index is 12.2. The molecule has 0 aliphatic heterocycles. The van der Waals surface area contributed by atoms with E-state index >= 15 is 0 Å². The van der Waals surface area contributed by atoms with Crippen molar-refractivity contribution in [3.8, 4) is 11.3 Å². The molecule has 0 saturated heterocycles. The van der Waals surface area contributed by atoms with Gasteiger partial charge in [-0.2, -0.15) is 5.10 Å². The molecule has 2 heterocycles. The fourth-order valence-corrected chi connectivity index (χ4v) is 3.12. The van der Waals surface area contributed by atoms with Gasteiger partial charge in [-0.1, -0.05) is 15.9 Å². The Bertz CT molecular complexity index is 1000. The van der Waals surface area contributed by atoms with Crippen LogP contribution in [-0.4, -0.2) is 20.7 Å². The molecule has 0 fully saturated rings. The number of hydrogen-bond acceptors (Lipinski definition) is 4. The van der Waals surface area contributed by atoms with Gasteiger partial charge in [-0.05, 0) is 55.3 Å². The molecule has 0 aliphatic carbocycles. The minimum absolute atomic E-state index is 0.0862. The first-order chi connectivity index (χ1) is 13.0. The smallest absolute Gasteiger partial charge is 0.266 e. The number of pyridine rings is 1. The van der Waals surface area contributed by atoms with Crippen LogP contribution in [0, 0.1) is 6.92 Å². The van der Waals surface area contributed by atoms with Gasteiger partial charge in [0.2, 0.25) is 5.91 Å². The average Bonchev–Trinajstić information content (AvgIpc) is 2.66. The number of carbonyl (C=O) groups excluding carboxylic acids is 1. The van der Waals surface area contributed by atoms with Crippen molar-refractivity contribution in [3.63, 3.8) is 0 Å². The largest absolute Gasteiger partial charge is 0.326 e. The number of nitrogens with zero attached hydrogens (tertiary/aromatic N) is 3. The number of carbonyl (C=O) groups is 1. The molecule has 0 spiro atoms. The zero-order valence-corrected chi connectivity index (χ0v) is 16.4. The predicted molar refractivity (Wildman–Crippen MR) is 108 cm³/mol. The van der Waals surface area contributed by atoms with Crippen LogP contribution < -0.4 is 10.9 Å². The van der Waals surface area contributed by atoms with Gasteiger partial charge in [0.1, 0.15) is 0 Å². The molecule has 3 aromatic rings. The fourth-order valence-electron chi connectivity index (χ4n) is 2.65. The number of benzene rings is 1. The van der Waals surface area contributed by atoms with E-state index in [9.17, 15) is 9.59 Å². The number of aryl methyl sites for hydroxylation is 2. The highest BCUT2D eigenvalue weighted by atomic mass is 79.9. The number of anilines is 1. The molecular formula is C20H19BrN4O2. The molecule has 6 nitrogen and oxygen atoms in total. The predicted octanol–water partition coefficient (Wildman–Crippen LogP) is 3.80. The van der Waals surface area contributed by atoms with Crippen molar-refractivity contribution in [1.29, 1.82) is 0 Å². The van der Waals surface area contributed by atoms with E-state index < -0.39 is 0 Å². The van der Waals surface area contributed by atoms with Crippen LogP contribution >= 0.6 is 15.9 Å². The van der Waals surface area contributed by atoms with Crippen molar-refractivity contribution in [2.45, 2.75) is 26.3 Å². The van der Waals surface area contributed by atoms with Crippen molar-refractivity contribution < 1.29 is 4.79 Å². The van der Waals surface area contributed by atoms with E-state index in [1.807, 2.05) is 37.3 Å². The lowest BCUT2D eigenvalue weighted by Gasteiger charge is -2.09. The summed E-state index contributed by atoms with van der Waals surface area (Å²) in [6, 6.07) is 12.6. The van der Waals surface area contributed by atoms with Crippen LogP contribution in [-0.2, 0) is 11.3 Å². The summed E-state index contributed by atoms with van der Waals surface area (Å²) >= 11 is 3.40. The summed E-state index contributed by atoms with van der Waals surface area (Å²) in [5.41, 5.74) is 3.11.